The second-order valence-electron chi connectivity index (χ2n) is 5.08. The van der Waals surface area contributed by atoms with Gasteiger partial charge in [0.15, 0.2) is 0 Å². The molecule has 1 amide bonds. The number of carboxylic acid groups (broad SMARTS) is 1. The van der Waals surface area contributed by atoms with Crippen LogP contribution in [0.3, 0.4) is 0 Å². The number of rotatable bonds is 4. The Labute approximate surface area is 117 Å². The van der Waals surface area contributed by atoms with Gasteiger partial charge in [0, 0.05) is 12.3 Å². The van der Waals surface area contributed by atoms with Gasteiger partial charge in [0.1, 0.15) is 0 Å². The number of hydrogen-bond donors (Lipinski definition) is 2. The minimum absolute atomic E-state index is 0.0122. The number of benzene rings is 1. The summed E-state index contributed by atoms with van der Waals surface area (Å²) in [4.78, 5) is 22.7. The molecule has 2 atom stereocenters. The quantitative estimate of drug-likeness (QED) is 0.883. The third kappa shape index (κ3) is 3.81. The summed E-state index contributed by atoms with van der Waals surface area (Å²) in [6.45, 7) is 2.63. The molecule has 0 saturated carbocycles. The van der Waals surface area contributed by atoms with Crippen molar-refractivity contribution < 1.29 is 19.4 Å². The van der Waals surface area contributed by atoms with Crippen LogP contribution in [0.5, 0.6) is 0 Å². The van der Waals surface area contributed by atoms with Gasteiger partial charge in [0.25, 0.3) is 0 Å². The predicted octanol–water partition coefficient (Wildman–Crippen LogP) is 2.07. The summed E-state index contributed by atoms with van der Waals surface area (Å²) in [7, 11) is 0. The second kappa shape index (κ2) is 6.52. The maximum Gasteiger partial charge on any atom is 0.307 e. The molecular weight excluding hydrogens is 258 g/mol. The highest BCUT2D eigenvalue weighted by Crippen LogP contribution is 2.22. The Morgan fingerprint density at radius 1 is 1.35 bits per heavy atom. The number of ether oxygens (including phenoxy) is 1. The van der Waals surface area contributed by atoms with Crippen LogP contribution in [0.25, 0.3) is 0 Å². The van der Waals surface area contributed by atoms with E-state index in [1.807, 2.05) is 6.92 Å². The maximum absolute atomic E-state index is 12.2. The maximum atomic E-state index is 12.2. The van der Waals surface area contributed by atoms with E-state index in [1.165, 1.54) is 0 Å². The lowest BCUT2D eigenvalue weighted by atomic mass is 9.94. The SMILES string of the molecule is CC1OCCCC1C(=O)Nc1ccc(CC(=O)O)cc1. The van der Waals surface area contributed by atoms with Gasteiger partial charge < -0.3 is 15.2 Å². The average molecular weight is 277 g/mol. The van der Waals surface area contributed by atoms with Crippen molar-refractivity contribution in [2.45, 2.75) is 32.3 Å². The van der Waals surface area contributed by atoms with Crippen LogP contribution in [-0.4, -0.2) is 29.7 Å². The van der Waals surface area contributed by atoms with Crippen LogP contribution in [-0.2, 0) is 20.7 Å². The highest BCUT2D eigenvalue weighted by molar-refractivity contribution is 5.93. The lowest BCUT2D eigenvalue weighted by Gasteiger charge is -2.28. The van der Waals surface area contributed by atoms with Crippen LogP contribution < -0.4 is 5.32 Å². The lowest BCUT2D eigenvalue weighted by molar-refractivity contribution is -0.136. The fraction of sp³-hybridized carbons (Fsp3) is 0.467. The van der Waals surface area contributed by atoms with Gasteiger partial charge in [-0.05, 0) is 37.5 Å². The Morgan fingerprint density at radius 2 is 2.05 bits per heavy atom. The van der Waals surface area contributed by atoms with Crippen LogP contribution in [0, 0.1) is 5.92 Å². The first-order valence-corrected chi connectivity index (χ1v) is 6.79. The normalized spacial score (nSPS) is 22.2. The molecule has 1 aromatic carbocycles. The molecule has 0 bridgehead atoms. The third-order valence-corrected chi connectivity index (χ3v) is 3.52. The van der Waals surface area contributed by atoms with Crippen LogP contribution in [0.15, 0.2) is 24.3 Å². The van der Waals surface area contributed by atoms with Gasteiger partial charge in [-0.2, -0.15) is 0 Å². The monoisotopic (exact) mass is 277 g/mol. The Bertz CT molecular complexity index is 483. The van der Waals surface area contributed by atoms with E-state index in [1.54, 1.807) is 24.3 Å². The first-order chi connectivity index (χ1) is 9.56. The van der Waals surface area contributed by atoms with E-state index in [9.17, 15) is 9.59 Å². The molecular formula is C15H19NO4. The topological polar surface area (TPSA) is 75.6 Å². The van der Waals surface area contributed by atoms with Crippen LogP contribution >= 0.6 is 0 Å². The van der Waals surface area contributed by atoms with E-state index in [0.717, 1.165) is 19.4 Å². The van der Waals surface area contributed by atoms with Crippen molar-refractivity contribution in [1.29, 1.82) is 0 Å². The molecule has 20 heavy (non-hydrogen) atoms. The van der Waals surface area contributed by atoms with Gasteiger partial charge in [-0.15, -0.1) is 0 Å². The van der Waals surface area contributed by atoms with Crippen LogP contribution in [0.2, 0.25) is 0 Å². The zero-order valence-electron chi connectivity index (χ0n) is 11.5. The molecule has 108 valence electrons. The summed E-state index contributed by atoms with van der Waals surface area (Å²) in [6, 6.07) is 6.88. The van der Waals surface area contributed by atoms with Crippen LogP contribution in [0.1, 0.15) is 25.3 Å². The van der Waals surface area contributed by atoms with E-state index in [0.29, 0.717) is 11.3 Å². The number of amides is 1. The molecule has 1 aliphatic heterocycles. The van der Waals surface area contributed by atoms with Crippen molar-refractivity contribution in [2.24, 2.45) is 5.92 Å². The molecule has 0 aromatic heterocycles. The number of hydrogen-bond acceptors (Lipinski definition) is 3. The van der Waals surface area contributed by atoms with Crippen molar-refractivity contribution in [3.05, 3.63) is 29.8 Å². The number of anilines is 1. The molecule has 0 radical (unpaired) electrons. The van der Waals surface area contributed by atoms with E-state index < -0.39 is 5.97 Å². The molecule has 1 aliphatic rings. The molecule has 0 spiro atoms. The van der Waals surface area contributed by atoms with E-state index in [2.05, 4.69) is 5.32 Å². The van der Waals surface area contributed by atoms with Crippen molar-refractivity contribution in [1.82, 2.24) is 0 Å². The summed E-state index contributed by atoms with van der Waals surface area (Å²) in [5.41, 5.74) is 1.40. The first kappa shape index (κ1) is 14.5. The molecule has 1 heterocycles. The molecule has 1 fully saturated rings. The van der Waals surface area contributed by atoms with Crippen molar-refractivity contribution >= 4 is 17.6 Å². The summed E-state index contributed by atoms with van der Waals surface area (Å²) in [5.74, 6) is -1.03. The number of nitrogens with one attached hydrogen (secondary N) is 1. The minimum Gasteiger partial charge on any atom is -0.481 e. The molecule has 0 aliphatic carbocycles. The van der Waals surface area contributed by atoms with Gasteiger partial charge in [0.05, 0.1) is 18.4 Å². The highest BCUT2D eigenvalue weighted by atomic mass is 16.5. The molecule has 5 nitrogen and oxygen atoms in total. The average Bonchev–Trinajstić information content (AvgIpc) is 2.41. The predicted molar refractivity (Wildman–Crippen MR) is 74.5 cm³/mol. The molecule has 2 N–H and O–H groups in total. The molecule has 1 aromatic rings. The zero-order valence-corrected chi connectivity index (χ0v) is 11.5. The second-order valence-corrected chi connectivity index (χ2v) is 5.08. The van der Waals surface area contributed by atoms with Gasteiger partial charge in [-0.25, -0.2) is 0 Å². The number of carbonyl (C=O) groups excluding carboxylic acids is 1. The first-order valence-electron chi connectivity index (χ1n) is 6.79. The number of carbonyl (C=O) groups is 2. The van der Waals surface area contributed by atoms with E-state index in [4.69, 9.17) is 9.84 Å². The largest absolute Gasteiger partial charge is 0.481 e. The van der Waals surface area contributed by atoms with Gasteiger partial charge in [-0.3, -0.25) is 9.59 Å². The van der Waals surface area contributed by atoms with Gasteiger partial charge >= 0.3 is 5.97 Å². The van der Waals surface area contributed by atoms with Gasteiger partial charge in [0.2, 0.25) is 5.91 Å². The minimum atomic E-state index is -0.866. The molecule has 2 unspecified atom stereocenters. The number of aliphatic carboxylic acids is 1. The van der Waals surface area contributed by atoms with Crippen molar-refractivity contribution in [3.63, 3.8) is 0 Å². The third-order valence-electron chi connectivity index (χ3n) is 3.52. The zero-order chi connectivity index (χ0) is 14.5. The van der Waals surface area contributed by atoms with Crippen LogP contribution in [0.4, 0.5) is 5.69 Å². The molecule has 2 rings (SSSR count). The lowest BCUT2D eigenvalue weighted by Crippen LogP contribution is -2.36. The summed E-state index contributed by atoms with van der Waals surface area (Å²) < 4.78 is 5.49. The Kier molecular flexibility index (Phi) is 4.74. The Morgan fingerprint density at radius 3 is 2.65 bits per heavy atom. The van der Waals surface area contributed by atoms with Gasteiger partial charge in [-0.1, -0.05) is 12.1 Å². The van der Waals surface area contributed by atoms with Crippen molar-refractivity contribution in [2.75, 3.05) is 11.9 Å². The standard InChI is InChI=1S/C15H19NO4/c1-10-13(3-2-8-20-10)15(19)16-12-6-4-11(5-7-12)9-14(17)18/h4-7,10,13H,2-3,8-9H2,1H3,(H,16,19)(H,17,18). The van der Waals surface area contributed by atoms with E-state index in [-0.39, 0.29) is 24.3 Å². The summed E-state index contributed by atoms with van der Waals surface area (Å²) in [6.07, 6.45) is 1.67. The fourth-order valence-corrected chi connectivity index (χ4v) is 2.38. The summed E-state index contributed by atoms with van der Waals surface area (Å²) >= 11 is 0. The molecule has 5 heteroatoms. The highest BCUT2D eigenvalue weighted by Gasteiger charge is 2.28. The number of carboxylic acids is 1. The Hall–Kier alpha value is -1.88. The smallest absolute Gasteiger partial charge is 0.307 e. The fourth-order valence-electron chi connectivity index (χ4n) is 2.38. The van der Waals surface area contributed by atoms with Crippen molar-refractivity contribution in [3.8, 4) is 0 Å². The van der Waals surface area contributed by atoms with E-state index >= 15 is 0 Å². The summed E-state index contributed by atoms with van der Waals surface area (Å²) in [5, 5.41) is 11.6. The Balaban J connectivity index is 1.95. The molecule has 1 saturated heterocycles.